The van der Waals surface area contributed by atoms with Crippen LogP contribution in [0.4, 0.5) is 0 Å². The topological polar surface area (TPSA) is 52.6 Å². The van der Waals surface area contributed by atoms with Gasteiger partial charge in [0.25, 0.3) is 0 Å². The van der Waals surface area contributed by atoms with Crippen LogP contribution in [-0.4, -0.2) is 11.9 Å². The SMILES string of the molecule is Cc1ccc(C2=CC(=C3OC(=O)c4ccccc43)C(=O)O2)cc1. The Morgan fingerprint density at radius 1 is 0.783 bits per heavy atom. The summed E-state index contributed by atoms with van der Waals surface area (Å²) in [5.41, 5.74) is 3.26. The summed E-state index contributed by atoms with van der Waals surface area (Å²) >= 11 is 0. The van der Waals surface area contributed by atoms with Crippen molar-refractivity contribution in [1.29, 1.82) is 0 Å². The van der Waals surface area contributed by atoms with Gasteiger partial charge in [-0.2, -0.15) is 0 Å². The van der Waals surface area contributed by atoms with Gasteiger partial charge in [-0.05, 0) is 19.1 Å². The highest BCUT2D eigenvalue weighted by Gasteiger charge is 2.34. The second-order valence-electron chi connectivity index (χ2n) is 5.44. The van der Waals surface area contributed by atoms with Crippen LogP contribution in [0.2, 0.25) is 0 Å². The summed E-state index contributed by atoms with van der Waals surface area (Å²) in [4.78, 5) is 24.1. The molecule has 0 atom stereocenters. The predicted molar refractivity (Wildman–Crippen MR) is 84.0 cm³/mol. The standard InChI is InChI=1S/C19H12O4/c1-11-6-8-12(9-7-11)16-10-15(19(21)22-16)17-13-4-2-3-5-14(13)18(20)23-17/h2-10H,1H3. The Bertz CT molecular complexity index is 901. The summed E-state index contributed by atoms with van der Waals surface area (Å²) in [7, 11) is 0. The first kappa shape index (κ1) is 13.5. The van der Waals surface area contributed by atoms with Crippen LogP contribution in [0.1, 0.15) is 27.0 Å². The van der Waals surface area contributed by atoms with Crippen molar-refractivity contribution in [1.82, 2.24) is 0 Å². The monoisotopic (exact) mass is 304 g/mol. The van der Waals surface area contributed by atoms with Gasteiger partial charge in [-0.25, -0.2) is 9.59 Å². The number of rotatable bonds is 1. The van der Waals surface area contributed by atoms with E-state index in [-0.39, 0.29) is 11.3 Å². The van der Waals surface area contributed by atoms with Crippen molar-refractivity contribution in [3.05, 3.63) is 82.4 Å². The number of esters is 2. The molecule has 0 aliphatic carbocycles. The van der Waals surface area contributed by atoms with Crippen LogP contribution in [0, 0.1) is 6.92 Å². The average Bonchev–Trinajstić information content (AvgIpc) is 3.09. The molecule has 0 bridgehead atoms. The number of carbonyl (C=O) groups excluding carboxylic acids is 2. The Hall–Kier alpha value is -3.14. The molecule has 0 radical (unpaired) electrons. The first-order valence-electron chi connectivity index (χ1n) is 7.20. The molecule has 0 spiro atoms. The van der Waals surface area contributed by atoms with Crippen molar-refractivity contribution >= 4 is 23.5 Å². The van der Waals surface area contributed by atoms with Gasteiger partial charge in [0, 0.05) is 11.1 Å². The maximum Gasteiger partial charge on any atom is 0.347 e. The number of carbonyl (C=O) groups is 2. The van der Waals surface area contributed by atoms with E-state index in [2.05, 4.69) is 0 Å². The number of aryl methyl sites for hydroxylation is 1. The minimum atomic E-state index is -0.514. The van der Waals surface area contributed by atoms with Gasteiger partial charge in [-0.15, -0.1) is 0 Å². The van der Waals surface area contributed by atoms with E-state index in [1.54, 1.807) is 30.3 Å². The number of hydrogen-bond donors (Lipinski definition) is 0. The molecule has 0 amide bonds. The first-order chi connectivity index (χ1) is 11.1. The number of hydrogen-bond acceptors (Lipinski definition) is 4. The van der Waals surface area contributed by atoms with Crippen LogP contribution in [0.5, 0.6) is 0 Å². The Morgan fingerprint density at radius 3 is 2.22 bits per heavy atom. The summed E-state index contributed by atoms with van der Waals surface area (Å²) < 4.78 is 10.6. The van der Waals surface area contributed by atoms with Crippen LogP contribution in [-0.2, 0) is 14.3 Å². The second kappa shape index (κ2) is 4.95. The molecular formula is C19H12O4. The van der Waals surface area contributed by atoms with Crippen LogP contribution in [0.3, 0.4) is 0 Å². The van der Waals surface area contributed by atoms with Gasteiger partial charge >= 0.3 is 11.9 Å². The largest absolute Gasteiger partial charge is 0.422 e. The molecule has 112 valence electrons. The average molecular weight is 304 g/mol. The van der Waals surface area contributed by atoms with Crippen molar-refractivity contribution in [3.63, 3.8) is 0 Å². The Kier molecular flexibility index (Phi) is 2.91. The summed E-state index contributed by atoms with van der Waals surface area (Å²) in [5.74, 6) is -0.246. The van der Waals surface area contributed by atoms with Crippen molar-refractivity contribution in [2.45, 2.75) is 6.92 Å². The van der Waals surface area contributed by atoms with Crippen LogP contribution >= 0.6 is 0 Å². The van der Waals surface area contributed by atoms with Crippen molar-refractivity contribution < 1.29 is 19.1 Å². The van der Waals surface area contributed by atoms with Gasteiger partial charge < -0.3 is 9.47 Å². The fourth-order valence-corrected chi connectivity index (χ4v) is 2.65. The Morgan fingerprint density at radius 2 is 1.48 bits per heavy atom. The molecule has 0 aromatic heterocycles. The fraction of sp³-hybridized carbons (Fsp3) is 0.0526. The molecule has 2 aromatic rings. The molecule has 2 aliphatic heterocycles. The molecule has 2 aliphatic rings. The minimum Gasteiger partial charge on any atom is -0.422 e. The second-order valence-corrected chi connectivity index (χ2v) is 5.44. The van der Waals surface area contributed by atoms with Gasteiger partial charge in [-0.1, -0.05) is 48.0 Å². The molecule has 23 heavy (non-hydrogen) atoms. The number of ether oxygens (including phenoxy) is 2. The molecule has 4 heteroatoms. The molecule has 2 aromatic carbocycles. The Balaban J connectivity index is 1.82. The molecular weight excluding hydrogens is 292 g/mol. The van der Waals surface area contributed by atoms with E-state index in [1.165, 1.54) is 0 Å². The van der Waals surface area contributed by atoms with Crippen LogP contribution in [0.15, 0.2) is 60.2 Å². The summed E-state index contributed by atoms with van der Waals surface area (Å²) in [6, 6.07) is 14.7. The lowest BCUT2D eigenvalue weighted by Crippen LogP contribution is -2.01. The lowest BCUT2D eigenvalue weighted by molar-refractivity contribution is -0.130. The molecule has 0 saturated heterocycles. The van der Waals surface area contributed by atoms with E-state index in [4.69, 9.17) is 9.47 Å². The summed E-state index contributed by atoms with van der Waals surface area (Å²) in [5, 5.41) is 0. The molecule has 4 nitrogen and oxygen atoms in total. The fourth-order valence-electron chi connectivity index (χ4n) is 2.65. The third-order valence-corrected chi connectivity index (χ3v) is 3.87. The molecule has 4 rings (SSSR count). The highest BCUT2D eigenvalue weighted by molar-refractivity contribution is 6.12. The number of cyclic esters (lactones) is 2. The van der Waals surface area contributed by atoms with Gasteiger partial charge in [-0.3, -0.25) is 0 Å². The molecule has 0 N–H and O–H groups in total. The van der Waals surface area contributed by atoms with E-state index < -0.39 is 11.9 Å². The van der Waals surface area contributed by atoms with E-state index in [0.717, 1.165) is 11.1 Å². The third-order valence-electron chi connectivity index (χ3n) is 3.87. The van der Waals surface area contributed by atoms with Gasteiger partial charge in [0.1, 0.15) is 11.3 Å². The lowest BCUT2D eigenvalue weighted by Gasteiger charge is -2.02. The third kappa shape index (κ3) is 2.16. The molecule has 0 unspecified atom stereocenters. The van der Waals surface area contributed by atoms with Crippen molar-refractivity contribution in [2.24, 2.45) is 0 Å². The van der Waals surface area contributed by atoms with Gasteiger partial charge in [0.2, 0.25) is 0 Å². The van der Waals surface area contributed by atoms with Gasteiger partial charge in [0.05, 0.1) is 5.56 Å². The first-order valence-corrected chi connectivity index (χ1v) is 7.20. The maximum absolute atomic E-state index is 12.2. The summed E-state index contributed by atoms with van der Waals surface area (Å²) in [6.45, 7) is 1.99. The Labute approximate surface area is 132 Å². The highest BCUT2D eigenvalue weighted by atomic mass is 16.6. The quantitative estimate of drug-likeness (QED) is 0.598. The van der Waals surface area contributed by atoms with Crippen molar-refractivity contribution in [3.8, 4) is 0 Å². The smallest absolute Gasteiger partial charge is 0.347 e. The highest BCUT2D eigenvalue weighted by Crippen LogP contribution is 2.37. The molecule has 0 saturated carbocycles. The lowest BCUT2D eigenvalue weighted by atomic mass is 10.0. The predicted octanol–water partition coefficient (Wildman–Crippen LogP) is 3.47. The summed E-state index contributed by atoms with van der Waals surface area (Å²) in [6.07, 6.45) is 1.62. The molecule has 0 fully saturated rings. The van der Waals surface area contributed by atoms with E-state index >= 15 is 0 Å². The number of fused-ring (bicyclic) bond motifs is 1. The zero-order valence-corrected chi connectivity index (χ0v) is 12.3. The van der Waals surface area contributed by atoms with Crippen LogP contribution in [0.25, 0.3) is 11.5 Å². The normalized spacial score (nSPS) is 19.3. The minimum absolute atomic E-state index is 0.262. The van der Waals surface area contributed by atoms with E-state index in [1.807, 2.05) is 31.2 Å². The van der Waals surface area contributed by atoms with Crippen LogP contribution < -0.4 is 0 Å². The van der Waals surface area contributed by atoms with E-state index in [9.17, 15) is 9.59 Å². The van der Waals surface area contributed by atoms with E-state index in [0.29, 0.717) is 16.9 Å². The zero-order valence-electron chi connectivity index (χ0n) is 12.3. The van der Waals surface area contributed by atoms with Crippen molar-refractivity contribution in [2.75, 3.05) is 0 Å². The number of benzene rings is 2. The molecule has 2 heterocycles. The zero-order chi connectivity index (χ0) is 16.0. The maximum atomic E-state index is 12.2. The van der Waals surface area contributed by atoms with Gasteiger partial charge in [0.15, 0.2) is 5.76 Å².